The number of hydrogen-bond acceptors (Lipinski definition) is 5. The highest BCUT2D eigenvalue weighted by molar-refractivity contribution is 7.89. The van der Waals surface area contributed by atoms with Gasteiger partial charge in [-0.05, 0) is 24.8 Å². The predicted octanol–water partition coefficient (Wildman–Crippen LogP) is 4.76. The van der Waals surface area contributed by atoms with E-state index >= 15 is 4.39 Å². The summed E-state index contributed by atoms with van der Waals surface area (Å²) in [6.45, 7) is 10.3. The molecule has 0 radical (unpaired) electrons. The minimum Gasteiger partial charge on any atom is -0.328 e. The van der Waals surface area contributed by atoms with Crippen molar-refractivity contribution in [3.05, 3.63) is 78.2 Å². The number of piperazine rings is 1. The number of alkyl halides is 1. The standard InChI is InChI=1S/C32H45FN6O3S/c1-24(2)43(41,42)38-18-16-36(17-19-38)31(40)39(22-27(33)20-34)29(32(3,4)5)30-35-28(26-14-10-7-11-15-26)23-37(30)21-25-12-8-6-9-13-25/h6-15,23-24,27,29H,16-22,34H2,1-5H3/t27-,29+/m1/s1. The monoisotopic (exact) mass is 612 g/mol. The van der Waals surface area contributed by atoms with Gasteiger partial charge in [0.25, 0.3) is 0 Å². The molecule has 0 unspecified atom stereocenters. The summed E-state index contributed by atoms with van der Waals surface area (Å²) in [6, 6.07) is 18.9. The van der Waals surface area contributed by atoms with E-state index in [2.05, 4.69) is 4.57 Å². The van der Waals surface area contributed by atoms with E-state index in [0.29, 0.717) is 12.4 Å². The molecular formula is C32H45FN6O3S. The van der Waals surface area contributed by atoms with Crippen LogP contribution in [0.5, 0.6) is 0 Å². The van der Waals surface area contributed by atoms with Gasteiger partial charge in [-0.3, -0.25) is 0 Å². The lowest BCUT2D eigenvalue weighted by Gasteiger charge is -2.44. The Balaban J connectivity index is 1.76. The molecule has 1 aliphatic rings. The topological polar surface area (TPSA) is 105 Å². The third-order valence-electron chi connectivity index (χ3n) is 7.81. The SMILES string of the molecule is CC(C)S(=O)(=O)N1CCN(C(=O)N(C[C@H](F)CN)[C@@H](c2nc(-c3ccccc3)cn2Cc2ccccc2)C(C)(C)C)CC1. The molecule has 2 aromatic carbocycles. The van der Waals surface area contributed by atoms with Crippen LogP contribution in [-0.4, -0.2) is 88.8 Å². The zero-order valence-corrected chi connectivity index (χ0v) is 26.7. The van der Waals surface area contributed by atoms with Crippen molar-refractivity contribution in [1.82, 2.24) is 23.7 Å². The molecule has 4 rings (SSSR count). The number of amides is 2. The van der Waals surface area contributed by atoms with Gasteiger partial charge in [-0.15, -0.1) is 0 Å². The Kier molecular flexibility index (Phi) is 10.3. The Bertz CT molecular complexity index is 1450. The third-order valence-corrected chi connectivity index (χ3v) is 10.1. The van der Waals surface area contributed by atoms with Crippen LogP contribution >= 0.6 is 0 Å². The van der Waals surface area contributed by atoms with Gasteiger partial charge in [-0.2, -0.15) is 4.31 Å². The lowest BCUT2D eigenvalue weighted by molar-refractivity contribution is 0.0615. The first-order valence-corrected chi connectivity index (χ1v) is 16.4. The molecule has 0 aliphatic carbocycles. The number of hydrogen-bond donors (Lipinski definition) is 1. The summed E-state index contributed by atoms with van der Waals surface area (Å²) >= 11 is 0. The summed E-state index contributed by atoms with van der Waals surface area (Å²) in [6.07, 6.45) is 0.548. The Morgan fingerprint density at radius 2 is 1.58 bits per heavy atom. The predicted molar refractivity (Wildman–Crippen MR) is 169 cm³/mol. The zero-order valence-electron chi connectivity index (χ0n) is 25.9. The van der Waals surface area contributed by atoms with Crippen LogP contribution in [0.2, 0.25) is 0 Å². The molecular weight excluding hydrogens is 567 g/mol. The van der Waals surface area contributed by atoms with Crippen LogP contribution < -0.4 is 5.73 Å². The third kappa shape index (κ3) is 7.63. The van der Waals surface area contributed by atoms with E-state index in [1.165, 1.54) is 4.31 Å². The van der Waals surface area contributed by atoms with Crippen LogP contribution in [0, 0.1) is 5.41 Å². The van der Waals surface area contributed by atoms with Crippen LogP contribution in [0.4, 0.5) is 9.18 Å². The van der Waals surface area contributed by atoms with Crippen molar-refractivity contribution in [2.24, 2.45) is 11.1 Å². The summed E-state index contributed by atoms with van der Waals surface area (Å²) < 4.78 is 44.1. The van der Waals surface area contributed by atoms with Crippen LogP contribution in [0.25, 0.3) is 11.3 Å². The zero-order chi connectivity index (χ0) is 31.4. The van der Waals surface area contributed by atoms with Crippen molar-refractivity contribution < 1.29 is 17.6 Å². The molecule has 2 heterocycles. The molecule has 2 N–H and O–H groups in total. The van der Waals surface area contributed by atoms with Gasteiger partial charge >= 0.3 is 6.03 Å². The van der Waals surface area contributed by atoms with Crippen molar-refractivity contribution >= 4 is 16.1 Å². The molecule has 0 spiro atoms. The van der Waals surface area contributed by atoms with Gasteiger partial charge in [-0.25, -0.2) is 22.6 Å². The van der Waals surface area contributed by atoms with Crippen molar-refractivity contribution in [2.45, 2.75) is 58.6 Å². The van der Waals surface area contributed by atoms with Gasteiger partial charge in [0, 0.05) is 51.0 Å². The molecule has 3 aromatic rings. The summed E-state index contributed by atoms with van der Waals surface area (Å²) in [5.74, 6) is 0.647. The van der Waals surface area contributed by atoms with Gasteiger partial charge < -0.3 is 20.1 Å². The first kappa shape index (κ1) is 32.6. The van der Waals surface area contributed by atoms with Gasteiger partial charge in [0.15, 0.2) is 0 Å². The number of rotatable bonds is 10. The number of nitrogens with two attached hydrogens (primary N) is 1. The molecule has 0 saturated carbocycles. The average Bonchev–Trinajstić information content (AvgIpc) is 3.39. The Hall–Kier alpha value is -3.28. The smallest absolute Gasteiger partial charge is 0.320 e. The highest BCUT2D eigenvalue weighted by atomic mass is 32.2. The fourth-order valence-electron chi connectivity index (χ4n) is 5.49. The number of carbonyl (C=O) groups is 1. The van der Waals surface area contributed by atoms with Gasteiger partial charge in [-0.1, -0.05) is 81.4 Å². The van der Waals surface area contributed by atoms with E-state index in [-0.39, 0.29) is 45.3 Å². The molecule has 0 bridgehead atoms. The molecule has 1 aromatic heterocycles. The average molecular weight is 613 g/mol. The number of benzene rings is 2. The second-order valence-corrected chi connectivity index (χ2v) is 15.0. The van der Waals surface area contributed by atoms with Gasteiger partial charge in [0.2, 0.25) is 10.0 Å². The summed E-state index contributed by atoms with van der Waals surface area (Å²) in [4.78, 5) is 22.6. The molecule has 2 amide bonds. The Morgan fingerprint density at radius 3 is 2.12 bits per heavy atom. The van der Waals surface area contributed by atoms with E-state index in [0.717, 1.165) is 16.8 Å². The number of carbonyl (C=O) groups excluding carboxylic acids is 1. The minimum absolute atomic E-state index is 0.191. The molecule has 2 atom stereocenters. The fraction of sp³-hybridized carbons (Fsp3) is 0.500. The maximum absolute atomic E-state index is 15.1. The van der Waals surface area contributed by atoms with E-state index < -0.39 is 32.9 Å². The van der Waals surface area contributed by atoms with E-state index in [1.807, 2.05) is 87.6 Å². The highest BCUT2D eigenvalue weighted by Crippen LogP contribution is 2.40. The van der Waals surface area contributed by atoms with Crippen LogP contribution in [0.15, 0.2) is 66.9 Å². The van der Waals surface area contributed by atoms with E-state index in [9.17, 15) is 13.2 Å². The molecule has 43 heavy (non-hydrogen) atoms. The van der Waals surface area contributed by atoms with Crippen molar-refractivity contribution in [3.8, 4) is 11.3 Å². The lowest BCUT2D eigenvalue weighted by atomic mass is 9.84. The quantitative estimate of drug-likeness (QED) is 0.356. The van der Waals surface area contributed by atoms with Gasteiger partial charge in [0.05, 0.1) is 23.5 Å². The number of urea groups is 1. The molecule has 1 saturated heterocycles. The largest absolute Gasteiger partial charge is 0.328 e. The number of nitrogens with zero attached hydrogens (tertiary/aromatic N) is 5. The second kappa shape index (κ2) is 13.6. The molecule has 1 fully saturated rings. The fourth-order valence-corrected chi connectivity index (χ4v) is 6.76. The first-order valence-electron chi connectivity index (χ1n) is 14.9. The molecule has 1 aliphatic heterocycles. The van der Waals surface area contributed by atoms with Crippen LogP contribution in [-0.2, 0) is 16.6 Å². The number of halogens is 1. The summed E-state index contributed by atoms with van der Waals surface area (Å²) in [7, 11) is -3.44. The number of aromatic nitrogens is 2. The van der Waals surface area contributed by atoms with Crippen molar-refractivity contribution in [3.63, 3.8) is 0 Å². The second-order valence-electron chi connectivity index (χ2n) is 12.5. The maximum atomic E-state index is 15.1. The summed E-state index contributed by atoms with van der Waals surface area (Å²) in [5, 5.41) is -0.546. The Labute approximate surface area is 255 Å². The Morgan fingerprint density at radius 1 is 1.00 bits per heavy atom. The van der Waals surface area contributed by atoms with Gasteiger partial charge in [0.1, 0.15) is 12.0 Å². The molecule has 9 nitrogen and oxygen atoms in total. The van der Waals surface area contributed by atoms with Crippen molar-refractivity contribution in [1.29, 1.82) is 0 Å². The van der Waals surface area contributed by atoms with Crippen LogP contribution in [0.1, 0.15) is 52.0 Å². The van der Waals surface area contributed by atoms with Crippen LogP contribution in [0.3, 0.4) is 0 Å². The summed E-state index contributed by atoms with van der Waals surface area (Å²) in [5.41, 5.74) is 7.96. The minimum atomic E-state index is -3.44. The normalized spacial score (nSPS) is 16.3. The maximum Gasteiger partial charge on any atom is 0.320 e. The first-order chi connectivity index (χ1) is 20.3. The number of imidazole rings is 1. The van der Waals surface area contributed by atoms with E-state index in [1.54, 1.807) is 23.6 Å². The van der Waals surface area contributed by atoms with E-state index in [4.69, 9.17) is 10.7 Å². The van der Waals surface area contributed by atoms with Crippen molar-refractivity contribution in [2.75, 3.05) is 39.3 Å². The lowest BCUT2D eigenvalue weighted by Crippen LogP contribution is -2.57. The highest BCUT2D eigenvalue weighted by Gasteiger charge is 2.42. The molecule has 11 heteroatoms. The molecule has 234 valence electrons. The number of sulfonamides is 1.